The number of amides is 1. The lowest BCUT2D eigenvalue weighted by Gasteiger charge is -2.32. The minimum Gasteiger partial charge on any atom is -0.481 e. The molecule has 0 saturated heterocycles. The summed E-state index contributed by atoms with van der Waals surface area (Å²) in [4.78, 5) is 24.7. The van der Waals surface area contributed by atoms with Crippen LogP contribution in [0.25, 0.3) is 0 Å². The smallest absolute Gasteiger partial charge is 0.309 e. The number of halogens is 1. The van der Waals surface area contributed by atoms with Gasteiger partial charge in [-0.3, -0.25) is 9.59 Å². The molecule has 0 unspecified atom stereocenters. The molecule has 2 aromatic rings. The molecule has 0 spiro atoms. The summed E-state index contributed by atoms with van der Waals surface area (Å²) in [5.41, 5.74) is -0.557. The molecule has 0 fully saturated rings. The van der Waals surface area contributed by atoms with Crippen LogP contribution in [-0.2, 0) is 26.0 Å². The predicted molar refractivity (Wildman–Crippen MR) is 143 cm³/mol. The Bertz CT molecular complexity index is 1170. The van der Waals surface area contributed by atoms with Crippen LogP contribution < -0.4 is 5.32 Å². The van der Waals surface area contributed by atoms with E-state index >= 15 is 0 Å². The van der Waals surface area contributed by atoms with Gasteiger partial charge in [0.2, 0.25) is 15.9 Å². The Morgan fingerprint density at radius 2 is 1.61 bits per heavy atom. The third kappa shape index (κ3) is 8.34. The molecule has 8 nitrogen and oxygen atoms in total. The zero-order valence-corrected chi connectivity index (χ0v) is 23.4. The number of hydrogen-bond donors (Lipinski definition) is 3. The Kier molecular flexibility index (Phi) is 11.0. The van der Waals surface area contributed by atoms with Gasteiger partial charge in [0.05, 0.1) is 28.4 Å². The third-order valence-electron chi connectivity index (χ3n) is 6.92. The van der Waals surface area contributed by atoms with Gasteiger partial charge in [0.1, 0.15) is 5.82 Å². The molecule has 38 heavy (non-hydrogen) atoms. The second-order valence-electron chi connectivity index (χ2n) is 10.6. The van der Waals surface area contributed by atoms with Crippen LogP contribution in [0.2, 0.25) is 0 Å². The van der Waals surface area contributed by atoms with Gasteiger partial charge in [0, 0.05) is 13.1 Å². The highest BCUT2D eigenvalue weighted by molar-refractivity contribution is 7.89. The number of benzene rings is 2. The largest absolute Gasteiger partial charge is 0.481 e. The van der Waals surface area contributed by atoms with Crippen molar-refractivity contribution >= 4 is 21.9 Å². The van der Waals surface area contributed by atoms with Crippen molar-refractivity contribution in [3.63, 3.8) is 0 Å². The van der Waals surface area contributed by atoms with Crippen LogP contribution in [0.5, 0.6) is 0 Å². The molecule has 2 aromatic carbocycles. The highest BCUT2D eigenvalue weighted by Crippen LogP contribution is 2.27. The van der Waals surface area contributed by atoms with Crippen molar-refractivity contribution in [1.82, 2.24) is 9.62 Å². The molecule has 3 N–H and O–H groups in total. The lowest BCUT2D eigenvalue weighted by atomic mass is 9.79. The Morgan fingerprint density at radius 1 is 1.03 bits per heavy atom. The van der Waals surface area contributed by atoms with Crippen molar-refractivity contribution in [3.05, 3.63) is 66.0 Å². The third-order valence-corrected chi connectivity index (χ3v) is 8.79. The van der Waals surface area contributed by atoms with Gasteiger partial charge >= 0.3 is 5.97 Å². The standard InChI is InChI=1S/C28H39FN2O6S/c1-19(2)15-16-31(38(36,37)23-13-11-22(29)12-14-23)18-25(32)24(17-21-9-7-6-8-10-21)30-26(33)20(3)28(4,5)27(34)35/h6-14,19-20,24-25,32H,15-18H2,1-5H3,(H,30,33)(H,34,35)/t20-,24-,25+/m1/s1. The summed E-state index contributed by atoms with van der Waals surface area (Å²) in [6, 6.07) is 12.7. The number of carbonyl (C=O) groups is 2. The van der Waals surface area contributed by atoms with E-state index in [1.807, 2.05) is 44.2 Å². The summed E-state index contributed by atoms with van der Waals surface area (Å²) in [7, 11) is -4.08. The maximum atomic E-state index is 13.4. The van der Waals surface area contributed by atoms with Crippen LogP contribution >= 0.6 is 0 Å². The van der Waals surface area contributed by atoms with Gasteiger partial charge in [-0.2, -0.15) is 4.31 Å². The normalized spacial score (nSPS) is 14.8. The first-order valence-electron chi connectivity index (χ1n) is 12.7. The lowest BCUT2D eigenvalue weighted by molar-refractivity contribution is -0.153. The zero-order valence-electron chi connectivity index (χ0n) is 22.6. The fourth-order valence-corrected chi connectivity index (χ4v) is 5.25. The summed E-state index contributed by atoms with van der Waals surface area (Å²) < 4.78 is 41.5. The minimum atomic E-state index is -4.08. The SMILES string of the molecule is CC(C)CCN(C[C@H](O)[C@@H](Cc1ccccc1)NC(=O)[C@@H](C)C(C)(C)C(=O)O)S(=O)(=O)c1ccc(F)cc1. The summed E-state index contributed by atoms with van der Waals surface area (Å²) in [6.45, 7) is 8.09. The maximum absolute atomic E-state index is 13.4. The number of carboxylic acids is 1. The van der Waals surface area contributed by atoms with E-state index in [4.69, 9.17) is 0 Å². The summed E-state index contributed by atoms with van der Waals surface area (Å²) in [5, 5.41) is 23.6. The zero-order chi connectivity index (χ0) is 28.7. The number of sulfonamides is 1. The molecule has 2 rings (SSSR count). The number of nitrogens with one attached hydrogen (secondary N) is 1. The number of aliphatic hydroxyl groups is 1. The van der Waals surface area contributed by atoms with Crippen molar-refractivity contribution in [1.29, 1.82) is 0 Å². The first kappa shape index (κ1) is 31.4. The number of hydrogen-bond acceptors (Lipinski definition) is 5. The Balaban J connectivity index is 2.37. The van der Waals surface area contributed by atoms with E-state index < -0.39 is 51.2 Å². The molecule has 3 atom stereocenters. The molecule has 0 heterocycles. The minimum absolute atomic E-state index is 0.102. The van der Waals surface area contributed by atoms with Crippen molar-refractivity contribution in [2.75, 3.05) is 13.1 Å². The van der Waals surface area contributed by atoms with Gasteiger partial charge in [0.25, 0.3) is 0 Å². The maximum Gasteiger partial charge on any atom is 0.309 e. The number of aliphatic hydroxyl groups excluding tert-OH is 1. The van der Waals surface area contributed by atoms with Crippen LogP contribution in [0.4, 0.5) is 4.39 Å². The van der Waals surface area contributed by atoms with Crippen molar-refractivity contribution in [3.8, 4) is 0 Å². The van der Waals surface area contributed by atoms with E-state index in [9.17, 15) is 32.6 Å². The van der Waals surface area contributed by atoms with E-state index in [1.165, 1.54) is 32.9 Å². The molecule has 0 radical (unpaired) electrons. The molecule has 10 heteroatoms. The van der Waals surface area contributed by atoms with Gasteiger partial charge in [-0.15, -0.1) is 0 Å². The highest BCUT2D eigenvalue weighted by atomic mass is 32.2. The number of rotatable bonds is 14. The topological polar surface area (TPSA) is 124 Å². The van der Waals surface area contributed by atoms with Gasteiger partial charge in [-0.1, -0.05) is 51.1 Å². The van der Waals surface area contributed by atoms with Crippen LogP contribution in [0.15, 0.2) is 59.5 Å². The van der Waals surface area contributed by atoms with Crippen molar-refractivity contribution in [2.24, 2.45) is 17.3 Å². The van der Waals surface area contributed by atoms with Crippen LogP contribution in [-0.4, -0.2) is 60.0 Å². The van der Waals surface area contributed by atoms with Gasteiger partial charge in [0.15, 0.2) is 0 Å². The molecular weight excluding hydrogens is 511 g/mol. The van der Waals surface area contributed by atoms with Gasteiger partial charge in [-0.05, 0) is 62.4 Å². The molecule has 1 amide bonds. The number of carbonyl (C=O) groups excluding carboxylic acids is 1. The number of nitrogens with zero attached hydrogens (tertiary/aromatic N) is 1. The molecule has 0 aliphatic rings. The fraction of sp³-hybridized carbons (Fsp3) is 0.500. The quantitative estimate of drug-likeness (QED) is 0.330. The Morgan fingerprint density at radius 3 is 2.13 bits per heavy atom. The number of carboxylic acid groups (broad SMARTS) is 1. The van der Waals surface area contributed by atoms with E-state index in [0.29, 0.717) is 6.42 Å². The van der Waals surface area contributed by atoms with Crippen molar-refractivity contribution in [2.45, 2.75) is 64.5 Å². The average molecular weight is 551 g/mol. The molecule has 0 aliphatic heterocycles. The van der Waals surface area contributed by atoms with Crippen LogP contribution in [0.1, 0.15) is 46.6 Å². The van der Waals surface area contributed by atoms with Crippen LogP contribution in [0.3, 0.4) is 0 Å². The number of aliphatic carboxylic acids is 1. The Labute approximate surface area is 224 Å². The van der Waals surface area contributed by atoms with Gasteiger partial charge < -0.3 is 15.5 Å². The molecule has 0 aliphatic carbocycles. The van der Waals surface area contributed by atoms with E-state index in [-0.39, 0.29) is 30.3 Å². The first-order chi connectivity index (χ1) is 17.7. The highest BCUT2D eigenvalue weighted by Gasteiger charge is 2.40. The molecular formula is C28H39FN2O6S. The predicted octanol–water partition coefficient (Wildman–Crippen LogP) is 3.70. The lowest BCUT2D eigenvalue weighted by Crippen LogP contribution is -2.53. The fourth-order valence-electron chi connectivity index (χ4n) is 3.78. The molecule has 0 saturated carbocycles. The van der Waals surface area contributed by atoms with E-state index in [0.717, 1.165) is 22.0 Å². The Hall–Kier alpha value is -2.82. The first-order valence-corrected chi connectivity index (χ1v) is 14.1. The monoisotopic (exact) mass is 550 g/mol. The summed E-state index contributed by atoms with van der Waals surface area (Å²) in [6.07, 6.45) is -0.600. The van der Waals surface area contributed by atoms with E-state index in [2.05, 4.69) is 5.32 Å². The van der Waals surface area contributed by atoms with Crippen molar-refractivity contribution < 1.29 is 32.6 Å². The van der Waals surface area contributed by atoms with E-state index in [1.54, 1.807) is 0 Å². The molecule has 210 valence electrons. The average Bonchev–Trinajstić information content (AvgIpc) is 2.85. The molecule has 0 aromatic heterocycles. The summed E-state index contributed by atoms with van der Waals surface area (Å²) >= 11 is 0. The summed E-state index contributed by atoms with van der Waals surface area (Å²) in [5.74, 6) is -3.01. The second-order valence-corrected chi connectivity index (χ2v) is 12.6. The van der Waals surface area contributed by atoms with Crippen LogP contribution in [0, 0.1) is 23.1 Å². The molecule has 0 bridgehead atoms. The second kappa shape index (κ2) is 13.3. The van der Waals surface area contributed by atoms with Gasteiger partial charge in [-0.25, -0.2) is 12.8 Å².